The van der Waals surface area contributed by atoms with E-state index < -0.39 is 0 Å². The Balaban J connectivity index is 1.89. The van der Waals surface area contributed by atoms with Crippen LogP contribution in [-0.2, 0) is 6.42 Å². The molecule has 0 saturated carbocycles. The lowest BCUT2D eigenvalue weighted by atomic mass is 9.94. The molecule has 0 aromatic heterocycles. The lowest BCUT2D eigenvalue weighted by Gasteiger charge is -2.12. The van der Waals surface area contributed by atoms with Crippen LogP contribution in [0.15, 0.2) is 48.5 Å². The van der Waals surface area contributed by atoms with Crippen LogP contribution in [0, 0.1) is 22.7 Å². The predicted molar refractivity (Wildman–Crippen MR) is 90.1 cm³/mol. The Hall–Kier alpha value is -2.78. The molecule has 0 amide bonds. The highest BCUT2D eigenvalue weighted by Gasteiger charge is 2.11. The van der Waals surface area contributed by atoms with E-state index in [0.717, 1.165) is 30.6 Å². The van der Waals surface area contributed by atoms with Gasteiger partial charge in [-0.25, -0.2) is 0 Å². The number of aryl methyl sites for hydroxylation is 1. The summed E-state index contributed by atoms with van der Waals surface area (Å²) in [5.41, 5.74) is 2.70. The molecular weight excluding hydrogens is 284 g/mol. The second-order valence-electron chi connectivity index (χ2n) is 5.37. The Morgan fingerprint density at radius 3 is 2.65 bits per heavy atom. The first kappa shape index (κ1) is 16.6. The Morgan fingerprint density at radius 2 is 1.91 bits per heavy atom. The minimum absolute atomic E-state index is 0.201. The molecule has 0 radical (unpaired) electrons. The third kappa shape index (κ3) is 4.59. The predicted octanol–water partition coefficient (Wildman–Crippen LogP) is 4.59. The van der Waals surface area contributed by atoms with Crippen molar-refractivity contribution in [2.45, 2.75) is 32.1 Å². The first-order chi connectivity index (χ1) is 11.3. The zero-order valence-electron chi connectivity index (χ0n) is 13.3. The normalized spacial score (nSPS) is 11.3. The maximum atomic E-state index is 9.37. The highest BCUT2D eigenvalue weighted by atomic mass is 16.5. The maximum absolute atomic E-state index is 9.37. The minimum Gasteiger partial charge on any atom is -0.493 e. The van der Waals surface area contributed by atoms with Gasteiger partial charge in [0.05, 0.1) is 30.2 Å². The molecule has 0 aliphatic rings. The third-order valence-electron chi connectivity index (χ3n) is 3.82. The second-order valence-corrected chi connectivity index (χ2v) is 5.37. The van der Waals surface area contributed by atoms with E-state index >= 15 is 0 Å². The summed E-state index contributed by atoms with van der Waals surface area (Å²) in [6.45, 7) is 2.70. The summed E-state index contributed by atoms with van der Waals surface area (Å²) in [6, 6.07) is 19.8. The summed E-state index contributed by atoms with van der Waals surface area (Å²) < 4.78 is 5.84. The topological polar surface area (TPSA) is 56.8 Å². The molecule has 1 unspecified atom stereocenters. The number of benzene rings is 2. The van der Waals surface area contributed by atoms with E-state index in [1.165, 1.54) is 5.56 Å². The van der Waals surface area contributed by atoms with Gasteiger partial charge in [-0.15, -0.1) is 0 Å². The maximum Gasteiger partial charge on any atom is 0.122 e. The van der Waals surface area contributed by atoms with Gasteiger partial charge < -0.3 is 4.74 Å². The molecule has 0 N–H and O–H groups in total. The smallest absolute Gasteiger partial charge is 0.122 e. The van der Waals surface area contributed by atoms with Crippen molar-refractivity contribution in [2.75, 3.05) is 6.61 Å². The van der Waals surface area contributed by atoms with Crippen LogP contribution in [0.1, 0.15) is 42.4 Å². The summed E-state index contributed by atoms with van der Waals surface area (Å²) >= 11 is 0. The van der Waals surface area contributed by atoms with Crippen molar-refractivity contribution in [3.63, 3.8) is 0 Å². The molecule has 3 nitrogen and oxygen atoms in total. The van der Waals surface area contributed by atoms with Crippen molar-refractivity contribution in [3.05, 3.63) is 65.2 Å². The number of para-hydroxylation sites is 1. The summed E-state index contributed by atoms with van der Waals surface area (Å²) in [4.78, 5) is 0. The van der Waals surface area contributed by atoms with Crippen LogP contribution in [0.5, 0.6) is 5.75 Å². The second kappa shape index (κ2) is 8.61. The molecule has 116 valence electrons. The largest absolute Gasteiger partial charge is 0.493 e. The van der Waals surface area contributed by atoms with E-state index in [9.17, 15) is 5.26 Å². The Bertz CT molecular complexity index is 725. The average Bonchev–Trinajstić information content (AvgIpc) is 2.62. The highest BCUT2D eigenvalue weighted by Crippen LogP contribution is 2.23. The van der Waals surface area contributed by atoms with E-state index in [1.54, 1.807) is 12.1 Å². The summed E-state index contributed by atoms with van der Waals surface area (Å²) in [7, 11) is 0. The fraction of sp³-hybridized carbons (Fsp3) is 0.300. The number of nitriles is 2. The molecule has 0 saturated heterocycles. The molecule has 2 aromatic rings. The van der Waals surface area contributed by atoms with Gasteiger partial charge in [0.1, 0.15) is 5.75 Å². The number of hydrogen-bond acceptors (Lipinski definition) is 3. The van der Waals surface area contributed by atoms with E-state index in [2.05, 4.69) is 25.1 Å². The fourth-order valence-electron chi connectivity index (χ4n) is 2.54. The molecule has 23 heavy (non-hydrogen) atoms. The van der Waals surface area contributed by atoms with Gasteiger partial charge in [0.2, 0.25) is 0 Å². The minimum atomic E-state index is -0.201. The van der Waals surface area contributed by atoms with Gasteiger partial charge in [-0.1, -0.05) is 37.3 Å². The van der Waals surface area contributed by atoms with Crippen molar-refractivity contribution >= 4 is 0 Å². The molecule has 3 heteroatoms. The summed E-state index contributed by atoms with van der Waals surface area (Å²) in [6.07, 6.45) is 2.46. The molecule has 0 bridgehead atoms. The van der Waals surface area contributed by atoms with Crippen LogP contribution < -0.4 is 4.74 Å². The molecular formula is C20H20N2O. The van der Waals surface area contributed by atoms with Gasteiger partial charge in [-0.3, -0.25) is 0 Å². The molecule has 2 aromatic carbocycles. The van der Waals surface area contributed by atoms with Crippen LogP contribution in [0.4, 0.5) is 0 Å². The first-order valence-corrected chi connectivity index (χ1v) is 7.88. The molecule has 0 heterocycles. The lowest BCUT2D eigenvalue weighted by Crippen LogP contribution is -2.03. The van der Waals surface area contributed by atoms with E-state index in [-0.39, 0.29) is 5.92 Å². The quantitative estimate of drug-likeness (QED) is 0.703. The van der Waals surface area contributed by atoms with Crippen molar-refractivity contribution in [1.29, 1.82) is 10.5 Å². The number of rotatable bonds is 7. The molecule has 0 fully saturated rings. The van der Waals surface area contributed by atoms with Gasteiger partial charge in [0, 0.05) is 0 Å². The zero-order chi connectivity index (χ0) is 16.5. The number of nitrogens with zero attached hydrogens (tertiary/aromatic N) is 2. The first-order valence-electron chi connectivity index (χ1n) is 7.88. The van der Waals surface area contributed by atoms with Gasteiger partial charge in [0.15, 0.2) is 0 Å². The van der Waals surface area contributed by atoms with Crippen LogP contribution in [0.25, 0.3) is 0 Å². The van der Waals surface area contributed by atoms with E-state index in [1.807, 2.05) is 30.3 Å². The molecule has 0 aliphatic heterocycles. The van der Waals surface area contributed by atoms with Gasteiger partial charge in [0.25, 0.3) is 0 Å². The highest BCUT2D eigenvalue weighted by molar-refractivity contribution is 5.36. The zero-order valence-corrected chi connectivity index (χ0v) is 13.3. The average molecular weight is 304 g/mol. The van der Waals surface area contributed by atoms with Crippen molar-refractivity contribution < 1.29 is 4.74 Å². The van der Waals surface area contributed by atoms with Crippen LogP contribution in [-0.4, -0.2) is 6.61 Å². The standard InChI is InChI=1S/C20H20N2O/c1-2-17-8-3-4-11-20(17)23-12-6-10-19(15-22)18-9-5-7-16(13-18)14-21/h3-5,7-9,11,13,19H,2,6,10,12H2,1H3. The summed E-state index contributed by atoms with van der Waals surface area (Å²) in [5.74, 6) is 0.725. The van der Waals surface area contributed by atoms with E-state index in [4.69, 9.17) is 10.00 Å². The number of ether oxygens (including phenoxy) is 1. The molecule has 0 aliphatic carbocycles. The summed E-state index contributed by atoms with van der Waals surface area (Å²) in [5, 5.41) is 18.3. The van der Waals surface area contributed by atoms with E-state index in [0.29, 0.717) is 12.2 Å². The molecule has 1 atom stereocenters. The Kier molecular flexibility index (Phi) is 6.21. The monoisotopic (exact) mass is 304 g/mol. The van der Waals surface area contributed by atoms with Crippen molar-refractivity contribution in [1.82, 2.24) is 0 Å². The van der Waals surface area contributed by atoms with Gasteiger partial charge >= 0.3 is 0 Å². The Labute approximate surface area is 137 Å². The van der Waals surface area contributed by atoms with Crippen LogP contribution >= 0.6 is 0 Å². The Morgan fingerprint density at radius 1 is 1.09 bits per heavy atom. The van der Waals surface area contributed by atoms with Crippen LogP contribution in [0.3, 0.4) is 0 Å². The SMILES string of the molecule is CCc1ccccc1OCCCC(C#N)c1cccc(C#N)c1. The molecule has 0 spiro atoms. The van der Waals surface area contributed by atoms with Crippen molar-refractivity contribution in [3.8, 4) is 17.9 Å². The van der Waals surface area contributed by atoms with Crippen LogP contribution in [0.2, 0.25) is 0 Å². The third-order valence-corrected chi connectivity index (χ3v) is 3.82. The number of hydrogen-bond donors (Lipinski definition) is 0. The van der Waals surface area contributed by atoms with Gasteiger partial charge in [-0.2, -0.15) is 10.5 Å². The lowest BCUT2D eigenvalue weighted by molar-refractivity contribution is 0.302. The molecule has 2 rings (SSSR count). The van der Waals surface area contributed by atoms with Crippen molar-refractivity contribution in [2.24, 2.45) is 0 Å². The fourth-order valence-corrected chi connectivity index (χ4v) is 2.54. The van der Waals surface area contributed by atoms with Gasteiger partial charge in [-0.05, 0) is 48.6 Å².